The van der Waals surface area contributed by atoms with Crippen molar-refractivity contribution in [2.75, 3.05) is 39.2 Å². The molecule has 0 atom stereocenters. The fourth-order valence-electron chi connectivity index (χ4n) is 1.43. The predicted octanol–water partition coefficient (Wildman–Crippen LogP) is 1.91. The zero-order valence-electron chi connectivity index (χ0n) is 11.2. The molecule has 1 aromatic carbocycles. The van der Waals surface area contributed by atoms with Crippen molar-refractivity contribution in [2.24, 2.45) is 0 Å². The first-order valence-corrected chi connectivity index (χ1v) is 6.41. The van der Waals surface area contributed by atoms with Crippen molar-refractivity contribution in [3.05, 3.63) is 23.2 Å². The Morgan fingerprint density at radius 3 is 2.84 bits per heavy atom. The molecule has 0 heterocycles. The number of nitrogens with one attached hydrogen (secondary N) is 2. The van der Waals surface area contributed by atoms with E-state index in [1.165, 1.54) is 0 Å². The van der Waals surface area contributed by atoms with Crippen LogP contribution in [0.4, 0.5) is 5.69 Å². The molecule has 1 rings (SSSR count). The Morgan fingerprint density at radius 2 is 2.16 bits per heavy atom. The van der Waals surface area contributed by atoms with Crippen LogP contribution in [-0.4, -0.2) is 39.8 Å². The summed E-state index contributed by atoms with van der Waals surface area (Å²) in [4.78, 5) is 11.7. The van der Waals surface area contributed by atoms with Gasteiger partial charge in [-0.15, -0.1) is 0 Å². The van der Waals surface area contributed by atoms with Crippen LogP contribution in [0.3, 0.4) is 0 Å². The van der Waals surface area contributed by atoms with Crippen molar-refractivity contribution in [3.8, 4) is 5.75 Å². The quantitative estimate of drug-likeness (QED) is 0.717. The summed E-state index contributed by atoms with van der Waals surface area (Å²) < 4.78 is 10.4. The third-order valence-corrected chi connectivity index (χ3v) is 2.67. The minimum atomic E-state index is -0.0896. The molecule has 1 amide bonds. The van der Waals surface area contributed by atoms with E-state index in [-0.39, 0.29) is 5.91 Å². The number of para-hydroxylation sites is 1. The Kier molecular flexibility index (Phi) is 7.25. The number of hydrogen-bond donors (Lipinski definition) is 2. The van der Waals surface area contributed by atoms with E-state index >= 15 is 0 Å². The topological polar surface area (TPSA) is 59.6 Å². The third kappa shape index (κ3) is 5.46. The maximum atomic E-state index is 11.7. The summed E-state index contributed by atoms with van der Waals surface area (Å²) >= 11 is 6.07. The maximum Gasteiger partial charge on any atom is 0.225 e. The number of benzene rings is 1. The molecule has 19 heavy (non-hydrogen) atoms. The molecule has 0 fully saturated rings. The van der Waals surface area contributed by atoms with Crippen molar-refractivity contribution in [2.45, 2.75) is 6.42 Å². The van der Waals surface area contributed by atoms with Crippen LogP contribution in [0.1, 0.15) is 6.42 Å². The Morgan fingerprint density at radius 1 is 1.37 bits per heavy atom. The van der Waals surface area contributed by atoms with Gasteiger partial charge in [-0.3, -0.25) is 4.79 Å². The number of methoxy groups -OCH3 is 1. The minimum absolute atomic E-state index is 0.0896. The van der Waals surface area contributed by atoms with Gasteiger partial charge in [-0.25, -0.2) is 0 Å². The number of rotatable bonds is 8. The molecule has 0 saturated heterocycles. The number of anilines is 1. The summed E-state index contributed by atoms with van der Waals surface area (Å²) in [7, 11) is 3.39. The maximum absolute atomic E-state index is 11.7. The average molecular weight is 287 g/mol. The van der Waals surface area contributed by atoms with Crippen molar-refractivity contribution >= 4 is 23.2 Å². The highest BCUT2D eigenvalue weighted by atomic mass is 35.5. The smallest absolute Gasteiger partial charge is 0.225 e. The second-order valence-electron chi connectivity index (χ2n) is 3.86. The molecule has 0 spiro atoms. The summed E-state index contributed by atoms with van der Waals surface area (Å²) in [5.74, 6) is 0.382. The van der Waals surface area contributed by atoms with E-state index in [1.807, 2.05) is 0 Å². The number of amides is 1. The molecule has 0 aromatic heterocycles. The van der Waals surface area contributed by atoms with Gasteiger partial charge in [0.05, 0.1) is 17.3 Å². The molecule has 2 N–H and O–H groups in total. The van der Waals surface area contributed by atoms with Gasteiger partial charge in [0, 0.05) is 20.1 Å². The van der Waals surface area contributed by atoms with Crippen LogP contribution in [0.2, 0.25) is 5.02 Å². The first-order valence-electron chi connectivity index (χ1n) is 6.03. The van der Waals surface area contributed by atoms with Crippen LogP contribution >= 0.6 is 11.6 Å². The van der Waals surface area contributed by atoms with Gasteiger partial charge < -0.3 is 20.1 Å². The Balaban J connectivity index is 2.70. The summed E-state index contributed by atoms with van der Waals surface area (Å²) in [6.07, 6.45) is 0.389. The molecule has 106 valence electrons. The van der Waals surface area contributed by atoms with E-state index in [0.717, 1.165) is 0 Å². The highest BCUT2D eigenvalue weighted by Gasteiger charge is 2.11. The molecular weight excluding hydrogens is 268 g/mol. The normalized spacial score (nSPS) is 10.3. The van der Waals surface area contributed by atoms with E-state index in [9.17, 15) is 4.79 Å². The highest BCUT2D eigenvalue weighted by molar-refractivity contribution is 6.32. The molecule has 0 saturated carbocycles. The second kappa shape index (κ2) is 8.74. The zero-order valence-corrected chi connectivity index (χ0v) is 11.9. The molecule has 5 nitrogen and oxygen atoms in total. The Labute approximate surface area is 118 Å². The fraction of sp³-hybridized carbons (Fsp3) is 0.462. The van der Waals surface area contributed by atoms with Crippen LogP contribution in [0, 0.1) is 0 Å². The number of halogens is 1. The van der Waals surface area contributed by atoms with E-state index in [1.54, 1.807) is 32.4 Å². The van der Waals surface area contributed by atoms with Gasteiger partial charge in [-0.05, 0) is 19.2 Å². The van der Waals surface area contributed by atoms with Crippen LogP contribution < -0.4 is 15.4 Å². The number of carbonyl (C=O) groups is 1. The van der Waals surface area contributed by atoms with Gasteiger partial charge in [0.15, 0.2) is 5.75 Å². The lowest BCUT2D eigenvalue weighted by Crippen LogP contribution is -2.19. The summed E-state index contributed by atoms with van der Waals surface area (Å²) in [6, 6.07) is 5.23. The Bertz CT molecular complexity index is 413. The summed E-state index contributed by atoms with van der Waals surface area (Å²) in [5, 5.41) is 6.16. The van der Waals surface area contributed by atoms with Gasteiger partial charge in [0.25, 0.3) is 0 Å². The van der Waals surface area contributed by atoms with Gasteiger partial charge >= 0.3 is 0 Å². The predicted molar refractivity (Wildman–Crippen MR) is 76.0 cm³/mol. The summed E-state index contributed by atoms with van der Waals surface area (Å²) in [6.45, 7) is 1.45. The van der Waals surface area contributed by atoms with Crippen LogP contribution in [0.15, 0.2) is 18.2 Å². The van der Waals surface area contributed by atoms with Crippen LogP contribution in [0.25, 0.3) is 0 Å². The first-order chi connectivity index (χ1) is 9.19. The number of hydrogen-bond acceptors (Lipinski definition) is 4. The molecule has 0 aliphatic rings. The van der Waals surface area contributed by atoms with Crippen LogP contribution in [-0.2, 0) is 9.53 Å². The lowest BCUT2D eigenvalue weighted by atomic mass is 10.2. The summed E-state index contributed by atoms with van der Waals surface area (Å²) in [5.41, 5.74) is 0.574. The molecule has 0 unspecified atom stereocenters. The monoisotopic (exact) mass is 286 g/mol. The van der Waals surface area contributed by atoms with Crippen molar-refractivity contribution in [3.63, 3.8) is 0 Å². The van der Waals surface area contributed by atoms with Crippen LogP contribution in [0.5, 0.6) is 5.75 Å². The van der Waals surface area contributed by atoms with E-state index in [4.69, 9.17) is 21.1 Å². The molecule has 0 radical (unpaired) electrons. The minimum Gasteiger partial charge on any atom is -0.487 e. The highest BCUT2D eigenvalue weighted by Crippen LogP contribution is 2.32. The zero-order chi connectivity index (χ0) is 14.1. The second-order valence-corrected chi connectivity index (χ2v) is 4.27. The molecular formula is C13H19ClN2O3. The van der Waals surface area contributed by atoms with Gasteiger partial charge in [0.2, 0.25) is 5.91 Å². The standard InChI is InChI=1S/C13H19ClN2O3/c1-15-7-6-12(17)16-11-5-3-4-10(14)13(11)19-9-8-18-2/h3-5,15H,6-9H2,1-2H3,(H,16,17). The molecule has 0 aliphatic heterocycles. The van der Waals surface area contributed by atoms with E-state index < -0.39 is 0 Å². The van der Waals surface area contributed by atoms with Crippen molar-refractivity contribution in [1.29, 1.82) is 0 Å². The van der Waals surface area contributed by atoms with Crippen molar-refractivity contribution in [1.82, 2.24) is 5.32 Å². The lowest BCUT2D eigenvalue weighted by molar-refractivity contribution is -0.116. The molecule has 6 heteroatoms. The van der Waals surface area contributed by atoms with E-state index in [0.29, 0.717) is 42.6 Å². The lowest BCUT2D eigenvalue weighted by Gasteiger charge is -2.13. The third-order valence-electron chi connectivity index (χ3n) is 2.38. The first kappa shape index (κ1) is 15.8. The van der Waals surface area contributed by atoms with Crippen molar-refractivity contribution < 1.29 is 14.3 Å². The van der Waals surface area contributed by atoms with Gasteiger partial charge in [-0.2, -0.15) is 0 Å². The number of ether oxygens (including phenoxy) is 2. The molecule has 1 aromatic rings. The van der Waals surface area contributed by atoms with E-state index in [2.05, 4.69) is 10.6 Å². The van der Waals surface area contributed by atoms with Gasteiger partial charge in [-0.1, -0.05) is 17.7 Å². The Hall–Kier alpha value is -1.30. The average Bonchev–Trinajstić information content (AvgIpc) is 2.39. The number of carbonyl (C=O) groups excluding carboxylic acids is 1. The molecule has 0 bridgehead atoms. The van der Waals surface area contributed by atoms with Gasteiger partial charge in [0.1, 0.15) is 6.61 Å². The fourth-order valence-corrected chi connectivity index (χ4v) is 1.66. The molecule has 0 aliphatic carbocycles. The largest absolute Gasteiger partial charge is 0.487 e. The SMILES string of the molecule is CNCCC(=O)Nc1cccc(Cl)c1OCCOC.